The van der Waals surface area contributed by atoms with Gasteiger partial charge in [-0.25, -0.2) is 4.39 Å². The van der Waals surface area contributed by atoms with Gasteiger partial charge in [-0.05, 0) is 49.2 Å². The van der Waals surface area contributed by atoms with Crippen LogP contribution in [0, 0.1) is 19.7 Å². The zero-order valence-electron chi connectivity index (χ0n) is 13.0. The summed E-state index contributed by atoms with van der Waals surface area (Å²) in [5.41, 5.74) is 8.91. The number of hydrogen-bond donors (Lipinski definition) is 2. The smallest absolute Gasteiger partial charge is 0.265 e. The lowest BCUT2D eigenvalue weighted by atomic mass is 10.1. The molecule has 0 aliphatic rings. The number of anilines is 1. The molecule has 0 atom stereocenters. The van der Waals surface area contributed by atoms with Crippen LogP contribution < -0.4 is 11.1 Å². The Labute approximate surface area is 133 Å². The molecule has 0 aliphatic heterocycles. The van der Waals surface area contributed by atoms with E-state index in [1.54, 1.807) is 0 Å². The number of benzene rings is 2. The van der Waals surface area contributed by atoms with Crippen LogP contribution in [-0.2, 0) is 9.63 Å². The molecule has 0 heterocycles. The number of oxime groups is 1. The molecule has 2 aromatic rings. The summed E-state index contributed by atoms with van der Waals surface area (Å²) in [6.45, 7) is 3.55. The van der Waals surface area contributed by atoms with E-state index in [-0.39, 0.29) is 24.2 Å². The predicted molar refractivity (Wildman–Crippen MR) is 87.6 cm³/mol. The van der Waals surface area contributed by atoms with Crippen molar-refractivity contribution < 1.29 is 14.0 Å². The third-order valence-corrected chi connectivity index (χ3v) is 3.24. The standard InChI is InChI=1S/C17H18FN3O2/c1-11-4-3-5-12(2)16(11)20-15(22)10-23-21-17(19)13-6-8-14(18)9-7-13/h3-9H,10H2,1-2H3,(H2,19,21)(H,20,22). The highest BCUT2D eigenvalue weighted by atomic mass is 19.1. The lowest BCUT2D eigenvalue weighted by molar-refractivity contribution is -0.120. The number of rotatable bonds is 5. The van der Waals surface area contributed by atoms with Crippen LogP contribution in [0.4, 0.5) is 10.1 Å². The number of carbonyl (C=O) groups is 1. The Bertz CT molecular complexity index is 707. The number of nitrogens with two attached hydrogens (primary N) is 1. The van der Waals surface area contributed by atoms with Crippen LogP contribution in [0.2, 0.25) is 0 Å². The second-order valence-corrected chi connectivity index (χ2v) is 5.07. The zero-order valence-corrected chi connectivity index (χ0v) is 13.0. The van der Waals surface area contributed by atoms with E-state index in [1.165, 1.54) is 24.3 Å². The molecule has 120 valence electrons. The molecule has 0 saturated heterocycles. The van der Waals surface area contributed by atoms with E-state index >= 15 is 0 Å². The minimum atomic E-state index is -0.365. The monoisotopic (exact) mass is 315 g/mol. The van der Waals surface area contributed by atoms with Gasteiger partial charge in [0, 0.05) is 11.3 Å². The first-order chi connectivity index (χ1) is 11.0. The average molecular weight is 315 g/mol. The van der Waals surface area contributed by atoms with Gasteiger partial charge in [0.05, 0.1) is 0 Å². The summed E-state index contributed by atoms with van der Waals surface area (Å²) in [6, 6.07) is 11.2. The van der Waals surface area contributed by atoms with Crippen LogP contribution >= 0.6 is 0 Å². The maximum Gasteiger partial charge on any atom is 0.265 e. The summed E-state index contributed by atoms with van der Waals surface area (Å²) < 4.78 is 12.8. The quantitative estimate of drug-likeness (QED) is 0.506. The van der Waals surface area contributed by atoms with Crippen molar-refractivity contribution in [2.24, 2.45) is 10.9 Å². The molecule has 0 aromatic heterocycles. The highest BCUT2D eigenvalue weighted by molar-refractivity contribution is 5.97. The lowest BCUT2D eigenvalue weighted by Crippen LogP contribution is -2.20. The largest absolute Gasteiger partial charge is 0.384 e. The lowest BCUT2D eigenvalue weighted by Gasteiger charge is -2.10. The first-order valence-electron chi connectivity index (χ1n) is 7.05. The maximum absolute atomic E-state index is 12.8. The van der Waals surface area contributed by atoms with E-state index in [9.17, 15) is 9.18 Å². The van der Waals surface area contributed by atoms with E-state index in [0.29, 0.717) is 5.56 Å². The number of nitrogens with zero attached hydrogens (tertiary/aromatic N) is 1. The highest BCUT2D eigenvalue weighted by Crippen LogP contribution is 2.19. The van der Waals surface area contributed by atoms with Crippen molar-refractivity contribution in [1.82, 2.24) is 0 Å². The van der Waals surface area contributed by atoms with E-state index in [4.69, 9.17) is 10.6 Å². The van der Waals surface area contributed by atoms with Crippen molar-refractivity contribution in [1.29, 1.82) is 0 Å². The van der Waals surface area contributed by atoms with Crippen molar-refractivity contribution in [3.63, 3.8) is 0 Å². The molecule has 1 amide bonds. The molecule has 0 aliphatic carbocycles. The second-order valence-electron chi connectivity index (χ2n) is 5.07. The van der Waals surface area contributed by atoms with Gasteiger partial charge in [-0.15, -0.1) is 0 Å². The SMILES string of the molecule is Cc1cccc(C)c1NC(=O)CO/N=C(\N)c1ccc(F)cc1. The molecule has 0 bridgehead atoms. The third-order valence-electron chi connectivity index (χ3n) is 3.24. The second kappa shape index (κ2) is 7.40. The van der Waals surface area contributed by atoms with Crippen molar-refractivity contribution in [3.05, 3.63) is 65.0 Å². The first-order valence-corrected chi connectivity index (χ1v) is 7.05. The minimum absolute atomic E-state index is 0.0740. The van der Waals surface area contributed by atoms with Gasteiger partial charge in [-0.1, -0.05) is 23.4 Å². The Kier molecular flexibility index (Phi) is 5.30. The summed E-state index contributed by atoms with van der Waals surface area (Å²) in [7, 11) is 0. The number of carbonyl (C=O) groups excluding carboxylic acids is 1. The van der Waals surface area contributed by atoms with Gasteiger partial charge in [0.1, 0.15) is 5.82 Å². The van der Waals surface area contributed by atoms with Crippen LogP contribution in [0.25, 0.3) is 0 Å². The minimum Gasteiger partial charge on any atom is -0.384 e. The van der Waals surface area contributed by atoms with Gasteiger partial charge in [-0.2, -0.15) is 0 Å². The summed E-state index contributed by atoms with van der Waals surface area (Å²) in [4.78, 5) is 16.8. The van der Waals surface area contributed by atoms with Crippen LogP contribution in [0.3, 0.4) is 0 Å². The number of hydrogen-bond acceptors (Lipinski definition) is 3. The molecule has 5 nitrogen and oxygen atoms in total. The fourth-order valence-electron chi connectivity index (χ4n) is 2.02. The highest BCUT2D eigenvalue weighted by Gasteiger charge is 2.08. The number of aryl methyl sites for hydroxylation is 2. The number of amidine groups is 1. The molecule has 3 N–H and O–H groups in total. The Balaban J connectivity index is 1.92. The average Bonchev–Trinajstić information content (AvgIpc) is 2.51. The normalized spacial score (nSPS) is 11.2. The molecule has 0 saturated carbocycles. The van der Waals surface area contributed by atoms with Crippen molar-refractivity contribution >= 4 is 17.4 Å². The van der Waals surface area contributed by atoms with E-state index in [2.05, 4.69) is 10.5 Å². The summed E-state index contributed by atoms with van der Waals surface area (Å²) in [5, 5.41) is 6.44. The predicted octanol–water partition coefficient (Wildman–Crippen LogP) is 2.72. The van der Waals surface area contributed by atoms with Gasteiger partial charge in [0.25, 0.3) is 5.91 Å². The van der Waals surface area contributed by atoms with Crippen molar-refractivity contribution in [2.75, 3.05) is 11.9 Å². The molecule has 2 aromatic carbocycles. The number of nitrogens with one attached hydrogen (secondary N) is 1. The van der Waals surface area contributed by atoms with Gasteiger partial charge in [0.2, 0.25) is 0 Å². The van der Waals surface area contributed by atoms with Gasteiger partial charge in [0.15, 0.2) is 12.4 Å². The number of halogens is 1. The van der Waals surface area contributed by atoms with Crippen LogP contribution in [0.1, 0.15) is 16.7 Å². The zero-order chi connectivity index (χ0) is 16.8. The third kappa shape index (κ3) is 4.54. The van der Waals surface area contributed by atoms with Crippen molar-refractivity contribution in [3.8, 4) is 0 Å². The molecular weight excluding hydrogens is 297 g/mol. The van der Waals surface area contributed by atoms with Gasteiger partial charge < -0.3 is 15.9 Å². The van der Waals surface area contributed by atoms with Crippen LogP contribution in [0.15, 0.2) is 47.6 Å². The molecule has 0 unspecified atom stereocenters. The van der Waals surface area contributed by atoms with E-state index in [0.717, 1.165) is 16.8 Å². The van der Waals surface area contributed by atoms with Gasteiger partial charge >= 0.3 is 0 Å². The Morgan fingerprint density at radius 1 is 1.17 bits per heavy atom. The molecule has 6 heteroatoms. The van der Waals surface area contributed by atoms with Crippen LogP contribution in [0.5, 0.6) is 0 Å². The fraction of sp³-hybridized carbons (Fsp3) is 0.176. The summed E-state index contributed by atoms with van der Waals surface area (Å²) >= 11 is 0. The molecule has 23 heavy (non-hydrogen) atoms. The molecule has 2 rings (SSSR count). The number of amides is 1. The Hall–Kier alpha value is -2.89. The Morgan fingerprint density at radius 2 is 1.78 bits per heavy atom. The molecule has 0 radical (unpaired) electrons. The Morgan fingerprint density at radius 3 is 2.39 bits per heavy atom. The summed E-state index contributed by atoms with van der Waals surface area (Å²) in [6.07, 6.45) is 0. The number of para-hydroxylation sites is 1. The fourth-order valence-corrected chi connectivity index (χ4v) is 2.02. The van der Waals surface area contributed by atoms with E-state index < -0.39 is 0 Å². The topological polar surface area (TPSA) is 76.7 Å². The molecular formula is C17H18FN3O2. The summed E-state index contributed by atoms with van der Waals surface area (Å²) in [5.74, 6) is -0.627. The maximum atomic E-state index is 12.8. The van der Waals surface area contributed by atoms with E-state index in [1.807, 2.05) is 32.0 Å². The molecule has 0 spiro atoms. The first kappa shape index (κ1) is 16.5. The molecule has 0 fully saturated rings. The van der Waals surface area contributed by atoms with Crippen molar-refractivity contribution in [2.45, 2.75) is 13.8 Å². The van der Waals surface area contributed by atoms with Crippen LogP contribution in [-0.4, -0.2) is 18.3 Å². The van der Waals surface area contributed by atoms with Gasteiger partial charge in [-0.3, -0.25) is 4.79 Å².